The molecule has 0 aliphatic carbocycles. The summed E-state index contributed by atoms with van der Waals surface area (Å²) in [5, 5.41) is 12.1. The fourth-order valence-electron chi connectivity index (χ4n) is 1.82. The molecule has 2 aromatic carbocycles. The first-order chi connectivity index (χ1) is 10.8. The molecule has 0 saturated heterocycles. The first-order valence-corrected chi connectivity index (χ1v) is 8.45. The quantitative estimate of drug-likeness (QED) is 0.600. The topological polar surface area (TPSA) is 77.3 Å². The predicted octanol–water partition coefficient (Wildman–Crippen LogP) is 3.97. The van der Waals surface area contributed by atoms with Gasteiger partial charge in [-0.1, -0.05) is 29.8 Å². The van der Waals surface area contributed by atoms with Crippen molar-refractivity contribution in [1.29, 1.82) is 0 Å². The van der Waals surface area contributed by atoms with E-state index in [1.807, 2.05) is 0 Å². The van der Waals surface area contributed by atoms with Crippen molar-refractivity contribution >= 4 is 33.2 Å². The van der Waals surface area contributed by atoms with Gasteiger partial charge in [-0.3, -0.25) is 10.1 Å². The fourth-order valence-corrected chi connectivity index (χ4v) is 3.06. The average molecular weight is 356 g/mol. The molecule has 0 heterocycles. The highest BCUT2D eigenvalue weighted by Crippen LogP contribution is 2.20. The van der Waals surface area contributed by atoms with Crippen molar-refractivity contribution in [3.63, 3.8) is 0 Å². The molecule has 0 spiro atoms. The van der Waals surface area contributed by atoms with Crippen LogP contribution in [0.1, 0.15) is 11.1 Å². The Morgan fingerprint density at radius 2 is 1.83 bits per heavy atom. The first-order valence-electron chi connectivity index (χ1n) is 6.36. The van der Waals surface area contributed by atoms with Crippen LogP contribution in [0.3, 0.4) is 0 Å². The minimum atomic E-state index is -3.58. The summed E-state index contributed by atoms with van der Waals surface area (Å²) in [5.74, 6) is -1.21. The molecule has 0 radical (unpaired) electrons. The number of sulfone groups is 1. The van der Waals surface area contributed by atoms with Crippen LogP contribution in [0, 0.1) is 15.9 Å². The molecular formula is C15H11ClFNO4S. The molecule has 0 saturated carbocycles. The van der Waals surface area contributed by atoms with Gasteiger partial charge in [-0.15, -0.1) is 0 Å². The van der Waals surface area contributed by atoms with Crippen LogP contribution in [-0.2, 0) is 15.6 Å². The van der Waals surface area contributed by atoms with Gasteiger partial charge in [-0.2, -0.15) is 4.39 Å². The molecular weight excluding hydrogens is 345 g/mol. The number of rotatable bonds is 5. The number of halogens is 2. The number of benzene rings is 2. The largest absolute Gasteiger partial charge is 0.305 e. The summed E-state index contributed by atoms with van der Waals surface area (Å²) in [6, 6.07) is 9.51. The second-order valence-corrected chi connectivity index (χ2v) is 7.03. The van der Waals surface area contributed by atoms with E-state index in [4.69, 9.17) is 11.6 Å². The van der Waals surface area contributed by atoms with E-state index < -0.39 is 26.3 Å². The maximum absolute atomic E-state index is 13.2. The molecule has 0 aliphatic rings. The Balaban J connectivity index is 2.19. The number of hydrogen-bond donors (Lipinski definition) is 0. The number of hydrogen-bond acceptors (Lipinski definition) is 4. The van der Waals surface area contributed by atoms with Crippen LogP contribution >= 0.6 is 11.6 Å². The summed E-state index contributed by atoms with van der Waals surface area (Å²) < 4.78 is 37.3. The number of nitrogens with zero attached hydrogens (tertiary/aromatic N) is 1. The summed E-state index contributed by atoms with van der Waals surface area (Å²) in [6.07, 6.45) is 1.19. The molecule has 2 aromatic rings. The fraction of sp³-hybridized carbons (Fsp3) is 0.0667. The van der Waals surface area contributed by atoms with Gasteiger partial charge in [0.05, 0.1) is 10.7 Å². The SMILES string of the molecule is O=[N+]([O-])c1cc(/C=C/S(=O)(=O)Cc2ccc(Cl)cc2)ccc1F. The van der Waals surface area contributed by atoms with Gasteiger partial charge in [-0.25, -0.2) is 8.42 Å². The Kier molecular flexibility index (Phi) is 5.12. The Bertz CT molecular complexity index is 864. The molecule has 0 atom stereocenters. The Morgan fingerprint density at radius 3 is 2.43 bits per heavy atom. The average Bonchev–Trinajstić information content (AvgIpc) is 2.48. The van der Waals surface area contributed by atoms with E-state index in [0.29, 0.717) is 10.6 Å². The summed E-state index contributed by atoms with van der Waals surface area (Å²) in [4.78, 5) is 9.79. The highest BCUT2D eigenvalue weighted by molar-refractivity contribution is 7.93. The number of nitro groups is 1. The van der Waals surface area contributed by atoms with E-state index in [9.17, 15) is 22.9 Å². The monoisotopic (exact) mass is 355 g/mol. The first kappa shape index (κ1) is 17.1. The van der Waals surface area contributed by atoms with Gasteiger partial charge in [0.15, 0.2) is 9.84 Å². The van der Waals surface area contributed by atoms with Crippen LogP contribution in [0.15, 0.2) is 47.9 Å². The van der Waals surface area contributed by atoms with Crippen molar-refractivity contribution in [2.75, 3.05) is 0 Å². The minimum absolute atomic E-state index is 0.220. The molecule has 0 bridgehead atoms. The Morgan fingerprint density at radius 1 is 1.17 bits per heavy atom. The third-order valence-electron chi connectivity index (χ3n) is 2.92. The zero-order valence-electron chi connectivity index (χ0n) is 11.6. The lowest BCUT2D eigenvalue weighted by Gasteiger charge is -2.01. The van der Waals surface area contributed by atoms with Gasteiger partial charge in [0.1, 0.15) is 0 Å². The summed E-state index contributed by atoms with van der Waals surface area (Å²) in [6.45, 7) is 0. The second kappa shape index (κ2) is 6.89. The van der Waals surface area contributed by atoms with Gasteiger partial charge in [0.25, 0.3) is 0 Å². The number of nitro benzene ring substituents is 1. The second-order valence-electron chi connectivity index (χ2n) is 4.70. The molecule has 0 amide bonds. The standard InChI is InChI=1S/C15H11ClFNO4S/c16-13-4-1-12(2-5-13)10-23(21,22)8-7-11-3-6-14(17)15(9-11)18(19)20/h1-9H,10H2/b8-7+. The van der Waals surface area contributed by atoms with Gasteiger partial charge < -0.3 is 0 Å². The lowest BCUT2D eigenvalue weighted by atomic mass is 10.2. The van der Waals surface area contributed by atoms with Crippen molar-refractivity contribution in [2.45, 2.75) is 5.75 Å². The zero-order chi connectivity index (χ0) is 17.0. The van der Waals surface area contributed by atoms with E-state index in [1.54, 1.807) is 24.3 Å². The molecule has 0 aromatic heterocycles. The summed E-state index contributed by atoms with van der Waals surface area (Å²) in [5.41, 5.74) is 0.0733. The zero-order valence-corrected chi connectivity index (χ0v) is 13.2. The van der Waals surface area contributed by atoms with Gasteiger partial charge in [0, 0.05) is 16.5 Å². The van der Waals surface area contributed by atoms with Crippen LogP contribution in [-0.4, -0.2) is 13.3 Å². The molecule has 2 rings (SSSR count). The van der Waals surface area contributed by atoms with E-state index in [1.165, 1.54) is 12.1 Å². The molecule has 8 heteroatoms. The lowest BCUT2D eigenvalue weighted by Crippen LogP contribution is -1.99. The van der Waals surface area contributed by atoms with E-state index in [0.717, 1.165) is 17.5 Å². The molecule has 0 fully saturated rings. The predicted molar refractivity (Wildman–Crippen MR) is 86.2 cm³/mol. The van der Waals surface area contributed by atoms with Crippen molar-refractivity contribution in [3.8, 4) is 0 Å². The van der Waals surface area contributed by atoms with Crippen molar-refractivity contribution in [2.24, 2.45) is 0 Å². The molecule has 0 N–H and O–H groups in total. The van der Waals surface area contributed by atoms with Gasteiger partial charge in [0.2, 0.25) is 5.82 Å². The maximum Gasteiger partial charge on any atom is 0.305 e. The van der Waals surface area contributed by atoms with Gasteiger partial charge in [-0.05, 0) is 35.4 Å². The molecule has 0 aliphatic heterocycles. The Labute approximate surface area is 137 Å². The van der Waals surface area contributed by atoms with E-state index in [2.05, 4.69) is 0 Å². The van der Waals surface area contributed by atoms with E-state index in [-0.39, 0.29) is 11.3 Å². The van der Waals surface area contributed by atoms with Crippen molar-refractivity contribution in [1.82, 2.24) is 0 Å². The highest BCUT2D eigenvalue weighted by Gasteiger charge is 2.14. The van der Waals surface area contributed by atoms with Crippen LogP contribution in [0.4, 0.5) is 10.1 Å². The van der Waals surface area contributed by atoms with E-state index >= 15 is 0 Å². The smallest absolute Gasteiger partial charge is 0.258 e. The Hall–Kier alpha value is -2.25. The lowest BCUT2D eigenvalue weighted by molar-refractivity contribution is -0.387. The molecule has 23 heavy (non-hydrogen) atoms. The van der Waals surface area contributed by atoms with Crippen molar-refractivity contribution < 1.29 is 17.7 Å². The summed E-state index contributed by atoms with van der Waals surface area (Å²) in [7, 11) is -3.58. The van der Waals surface area contributed by atoms with Crippen LogP contribution in [0.5, 0.6) is 0 Å². The third kappa shape index (κ3) is 4.87. The van der Waals surface area contributed by atoms with Crippen molar-refractivity contribution in [3.05, 3.63) is 80.0 Å². The minimum Gasteiger partial charge on any atom is -0.258 e. The van der Waals surface area contributed by atoms with Crippen LogP contribution in [0.25, 0.3) is 6.08 Å². The van der Waals surface area contributed by atoms with Crippen LogP contribution in [0.2, 0.25) is 5.02 Å². The normalized spacial score (nSPS) is 11.7. The molecule has 120 valence electrons. The van der Waals surface area contributed by atoms with Gasteiger partial charge >= 0.3 is 5.69 Å². The summed E-state index contributed by atoms with van der Waals surface area (Å²) >= 11 is 5.73. The molecule has 5 nitrogen and oxygen atoms in total. The van der Waals surface area contributed by atoms with Crippen LogP contribution < -0.4 is 0 Å². The maximum atomic E-state index is 13.2. The third-order valence-corrected chi connectivity index (χ3v) is 4.45. The molecule has 0 unspecified atom stereocenters. The highest BCUT2D eigenvalue weighted by atomic mass is 35.5.